The Morgan fingerprint density at radius 3 is 2.43 bits per heavy atom. The van der Waals surface area contributed by atoms with Crippen molar-refractivity contribution in [2.75, 3.05) is 17.8 Å². The fourth-order valence-corrected chi connectivity index (χ4v) is 2.89. The highest BCUT2D eigenvalue weighted by Gasteiger charge is 2.12. The van der Waals surface area contributed by atoms with Crippen molar-refractivity contribution in [2.45, 2.75) is 9.92 Å². The molecule has 21 heavy (non-hydrogen) atoms. The fourth-order valence-electron chi connectivity index (χ4n) is 1.71. The number of carbonyl (C=O) groups excluding carboxylic acids is 1. The molecule has 5 nitrogen and oxygen atoms in total. The van der Waals surface area contributed by atoms with Crippen molar-refractivity contribution in [2.24, 2.45) is 0 Å². The van der Waals surface area contributed by atoms with Crippen molar-refractivity contribution < 1.29 is 13.2 Å². The van der Waals surface area contributed by atoms with Gasteiger partial charge in [-0.05, 0) is 42.7 Å². The summed E-state index contributed by atoms with van der Waals surface area (Å²) in [4.78, 5) is 16.5. The number of rotatable bonds is 4. The van der Waals surface area contributed by atoms with Gasteiger partial charge in [-0.2, -0.15) is 0 Å². The maximum absolute atomic E-state index is 12.2. The maximum Gasteiger partial charge on any atom is 0.258 e. The zero-order valence-electron chi connectivity index (χ0n) is 11.5. The number of pyridine rings is 1. The SMILES string of the molecule is CSc1ncccc1C(=O)Nc1ccc(S(C)(=O)=O)cc1. The summed E-state index contributed by atoms with van der Waals surface area (Å²) in [7, 11) is -3.24. The Morgan fingerprint density at radius 1 is 1.19 bits per heavy atom. The van der Waals surface area contributed by atoms with Crippen LogP contribution in [0, 0.1) is 0 Å². The molecule has 0 aliphatic carbocycles. The van der Waals surface area contributed by atoms with Crippen LogP contribution in [0.4, 0.5) is 5.69 Å². The van der Waals surface area contributed by atoms with Crippen LogP contribution in [0.15, 0.2) is 52.5 Å². The first-order valence-corrected chi connectivity index (χ1v) is 9.14. The Labute approximate surface area is 127 Å². The zero-order valence-corrected chi connectivity index (χ0v) is 13.2. The van der Waals surface area contributed by atoms with E-state index in [2.05, 4.69) is 10.3 Å². The standard InChI is InChI=1S/C14H14N2O3S2/c1-20-14-12(4-3-9-15-14)13(17)16-10-5-7-11(8-6-10)21(2,18)19/h3-9H,1-2H3,(H,16,17). The van der Waals surface area contributed by atoms with Crippen molar-refractivity contribution >= 4 is 33.2 Å². The lowest BCUT2D eigenvalue weighted by molar-refractivity contribution is 0.102. The summed E-state index contributed by atoms with van der Waals surface area (Å²) in [5, 5.41) is 3.37. The van der Waals surface area contributed by atoms with E-state index in [1.54, 1.807) is 30.5 Å². The Hall–Kier alpha value is -1.86. The number of anilines is 1. The summed E-state index contributed by atoms with van der Waals surface area (Å²) in [6.45, 7) is 0. The number of nitrogens with one attached hydrogen (secondary N) is 1. The van der Waals surface area contributed by atoms with E-state index in [9.17, 15) is 13.2 Å². The van der Waals surface area contributed by atoms with Gasteiger partial charge < -0.3 is 5.32 Å². The highest BCUT2D eigenvalue weighted by molar-refractivity contribution is 7.98. The van der Waals surface area contributed by atoms with Crippen LogP contribution in [-0.2, 0) is 9.84 Å². The molecule has 0 aliphatic rings. The molecule has 1 N–H and O–H groups in total. The van der Waals surface area contributed by atoms with E-state index in [1.165, 1.54) is 23.9 Å². The van der Waals surface area contributed by atoms with Crippen LogP contribution in [0.3, 0.4) is 0 Å². The predicted molar refractivity (Wildman–Crippen MR) is 83.5 cm³/mol. The molecule has 1 aromatic heterocycles. The normalized spacial score (nSPS) is 11.1. The van der Waals surface area contributed by atoms with Crippen LogP contribution in [0.5, 0.6) is 0 Å². The summed E-state index contributed by atoms with van der Waals surface area (Å²) >= 11 is 1.39. The average Bonchev–Trinajstić information content (AvgIpc) is 2.46. The van der Waals surface area contributed by atoms with Gasteiger partial charge in [0.2, 0.25) is 0 Å². The lowest BCUT2D eigenvalue weighted by Gasteiger charge is -2.08. The number of hydrogen-bond acceptors (Lipinski definition) is 5. The zero-order chi connectivity index (χ0) is 15.5. The number of carbonyl (C=O) groups is 1. The van der Waals surface area contributed by atoms with E-state index < -0.39 is 9.84 Å². The van der Waals surface area contributed by atoms with E-state index in [0.29, 0.717) is 16.3 Å². The highest BCUT2D eigenvalue weighted by atomic mass is 32.2. The van der Waals surface area contributed by atoms with Gasteiger partial charge in [0, 0.05) is 18.1 Å². The summed E-state index contributed by atoms with van der Waals surface area (Å²) in [5.74, 6) is -0.278. The maximum atomic E-state index is 12.2. The van der Waals surface area contributed by atoms with Crippen LogP contribution < -0.4 is 5.32 Å². The molecule has 2 aromatic rings. The molecule has 1 heterocycles. The molecule has 0 bridgehead atoms. The monoisotopic (exact) mass is 322 g/mol. The second-order valence-electron chi connectivity index (χ2n) is 4.31. The quantitative estimate of drug-likeness (QED) is 0.875. The van der Waals surface area contributed by atoms with Gasteiger partial charge in [0.1, 0.15) is 5.03 Å². The molecule has 1 amide bonds. The number of aromatic nitrogens is 1. The van der Waals surface area contributed by atoms with Crippen LogP contribution in [0.1, 0.15) is 10.4 Å². The topological polar surface area (TPSA) is 76.1 Å². The smallest absolute Gasteiger partial charge is 0.258 e. The number of hydrogen-bond donors (Lipinski definition) is 1. The fraction of sp³-hybridized carbons (Fsp3) is 0.143. The van der Waals surface area contributed by atoms with Crippen molar-refractivity contribution in [3.05, 3.63) is 48.2 Å². The van der Waals surface area contributed by atoms with Crippen molar-refractivity contribution in [3.8, 4) is 0 Å². The van der Waals surface area contributed by atoms with E-state index in [-0.39, 0.29) is 10.8 Å². The first kappa shape index (κ1) is 15.5. The van der Waals surface area contributed by atoms with Crippen LogP contribution in [-0.4, -0.2) is 31.8 Å². The van der Waals surface area contributed by atoms with Gasteiger partial charge in [-0.1, -0.05) is 0 Å². The van der Waals surface area contributed by atoms with Crippen molar-refractivity contribution in [3.63, 3.8) is 0 Å². The van der Waals surface area contributed by atoms with Crippen molar-refractivity contribution in [1.82, 2.24) is 4.98 Å². The summed E-state index contributed by atoms with van der Waals surface area (Å²) in [5.41, 5.74) is 1.01. The number of benzene rings is 1. The van der Waals surface area contributed by atoms with E-state index in [4.69, 9.17) is 0 Å². The summed E-state index contributed by atoms with van der Waals surface area (Å²) in [6.07, 6.45) is 4.62. The van der Waals surface area contributed by atoms with E-state index >= 15 is 0 Å². The second-order valence-corrected chi connectivity index (χ2v) is 7.12. The van der Waals surface area contributed by atoms with Gasteiger partial charge in [0.05, 0.1) is 10.5 Å². The van der Waals surface area contributed by atoms with Gasteiger partial charge in [-0.15, -0.1) is 11.8 Å². The van der Waals surface area contributed by atoms with Gasteiger partial charge in [0.15, 0.2) is 9.84 Å². The van der Waals surface area contributed by atoms with Gasteiger partial charge in [0.25, 0.3) is 5.91 Å². The summed E-state index contributed by atoms with van der Waals surface area (Å²) in [6, 6.07) is 9.43. The van der Waals surface area contributed by atoms with E-state index in [1.807, 2.05) is 6.26 Å². The highest BCUT2D eigenvalue weighted by Crippen LogP contribution is 2.19. The van der Waals surface area contributed by atoms with Gasteiger partial charge in [-0.3, -0.25) is 4.79 Å². The second kappa shape index (κ2) is 6.28. The first-order valence-electron chi connectivity index (χ1n) is 6.02. The molecule has 0 radical (unpaired) electrons. The number of amides is 1. The number of sulfone groups is 1. The molecule has 0 unspecified atom stereocenters. The number of nitrogens with zero attached hydrogens (tertiary/aromatic N) is 1. The Morgan fingerprint density at radius 2 is 1.86 bits per heavy atom. The summed E-state index contributed by atoms with van der Waals surface area (Å²) < 4.78 is 22.7. The molecule has 0 aliphatic heterocycles. The van der Waals surface area contributed by atoms with E-state index in [0.717, 1.165) is 6.26 Å². The molecule has 0 atom stereocenters. The molecule has 0 saturated heterocycles. The largest absolute Gasteiger partial charge is 0.322 e. The average molecular weight is 322 g/mol. The van der Waals surface area contributed by atoms with Gasteiger partial charge in [-0.25, -0.2) is 13.4 Å². The third-order valence-corrected chi connectivity index (χ3v) is 4.59. The van der Waals surface area contributed by atoms with Crippen LogP contribution in [0.2, 0.25) is 0 Å². The predicted octanol–water partition coefficient (Wildman–Crippen LogP) is 2.46. The van der Waals surface area contributed by atoms with Crippen LogP contribution in [0.25, 0.3) is 0 Å². The third kappa shape index (κ3) is 3.83. The minimum Gasteiger partial charge on any atom is -0.322 e. The lowest BCUT2D eigenvalue weighted by atomic mass is 10.2. The molecular formula is C14H14N2O3S2. The van der Waals surface area contributed by atoms with Crippen LogP contribution >= 0.6 is 11.8 Å². The molecular weight excluding hydrogens is 308 g/mol. The Kier molecular flexibility index (Phi) is 4.64. The Balaban J connectivity index is 2.20. The minimum absolute atomic E-state index is 0.215. The first-order chi connectivity index (χ1) is 9.91. The molecule has 2 rings (SSSR count). The molecule has 7 heteroatoms. The van der Waals surface area contributed by atoms with Gasteiger partial charge >= 0.3 is 0 Å². The molecule has 1 aromatic carbocycles. The lowest BCUT2D eigenvalue weighted by Crippen LogP contribution is -2.13. The molecule has 0 fully saturated rings. The number of thioether (sulfide) groups is 1. The molecule has 0 spiro atoms. The van der Waals surface area contributed by atoms with Crippen molar-refractivity contribution in [1.29, 1.82) is 0 Å². The molecule has 110 valence electrons. The third-order valence-electron chi connectivity index (χ3n) is 2.75. The molecule has 0 saturated carbocycles. The minimum atomic E-state index is -3.24. The Bertz CT molecular complexity index is 756.